The number of thiophene rings is 1. The summed E-state index contributed by atoms with van der Waals surface area (Å²) in [5.41, 5.74) is 0. The van der Waals surface area contributed by atoms with Crippen molar-refractivity contribution < 1.29 is 8.42 Å². The lowest BCUT2D eigenvalue weighted by molar-refractivity contribution is 0.592. The van der Waals surface area contributed by atoms with Crippen molar-refractivity contribution >= 4 is 21.4 Å². The van der Waals surface area contributed by atoms with Crippen LogP contribution in [0.2, 0.25) is 0 Å². The van der Waals surface area contributed by atoms with Crippen LogP contribution in [-0.4, -0.2) is 21.0 Å². The Labute approximate surface area is 94.5 Å². The van der Waals surface area contributed by atoms with E-state index in [2.05, 4.69) is 19.2 Å². The quantitative estimate of drug-likeness (QED) is 0.814. The van der Waals surface area contributed by atoms with Gasteiger partial charge in [0.15, 0.2) is 0 Å². The third kappa shape index (κ3) is 4.29. The highest BCUT2D eigenvalue weighted by Crippen LogP contribution is 2.20. The van der Waals surface area contributed by atoms with Crippen molar-refractivity contribution in [3.8, 4) is 0 Å². The van der Waals surface area contributed by atoms with Gasteiger partial charge in [0.1, 0.15) is 4.21 Å². The Bertz CT molecular complexity index is 410. The normalized spacial score (nSPS) is 12.3. The largest absolute Gasteiger partial charge is 0.314 e. The molecule has 15 heavy (non-hydrogen) atoms. The lowest BCUT2D eigenvalue weighted by Crippen LogP contribution is -2.24. The van der Waals surface area contributed by atoms with Crippen LogP contribution in [0.25, 0.3) is 0 Å². The standard InChI is InChI=1S/C9H16N2O2S2/c1-7(2)11-6-5-8-3-4-9(14-8)15(10,12)13/h3-4,7,11H,5-6H2,1-2H3,(H2,10,12,13). The lowest BCUT2D eigenvalue weighted by Gasteiger charge is -2.05. The molecule has 0 aliphatic heterocycles. The maximum Gasteiger partial charge on any atom is 0.247 e. The molecule has 6 heteroatoms. The van der Waals surface area contributed by atoms with Crippen LogP contribution < -0.4 is 10.5 Å². The molecule has 0 unspecified atom stereocenters. The summed E-state index contributed by atoms with van der Waals surface area (Å²) in [5.74, 6) is 0. The minimum absolute atomic E-state index is 0.238. The zero-order valence-electron chi connectivity index (χ0n) is 8.86. The summed E-state index contributed by atoms with van der Waals surface area (Å²) in [7, 11) is -3.53. The van der Waals surface area contributed by atoms with Crippen molar-refractivity contribution in [3.05, 3.63) is 17.0 Å². The SMILES string of the molecule is CC(C)NCCc1ccc(S(N)(=O)=O)s1. The number of nitrogens with one attached hydrogen (secondary N) is 1. The zero-order chi connectivity index (χ0) is 11.5. The maximum absolute atomic E-state index is 11.0. The van der Waals surface area contributed by atoms with Crippen molar-refractivity contribution in [1.82, 2.24) is 5.32 Å². The van der Waals surface area contributed by atoms with E-state index >= 15 is 0 Å². The van der Waals surface area contributed by atoms with E-state index in [0.717, 1.165) is 17.8 Å². The fraction of sp³-hybridized carbons (Fsp3) is 0.556. The summed E-state index contributed by atoms with van der Waals surface area (Å²) in [6.45, 7) is 5.00. The first-order valence-corrected chi connectivity index (χ1v) is 7.11. The summed E-state index contributed by atoms with van der Waals surface area (Å²) >= 11 is 1.24. The smallest absolute Gasteiger partial charge is 0.247 e. The monoisotopic (exact) mass is 248 g/mol. The minimum atomic E-state index is -3.53. The van der Waals surface area contributed by atoms with E-state index in [0.29, 0.717) is 6.04 Å². The molecule has 0 aromatic carbocycles. The highest BCUT2D eigenvalue weighted by molar-refractivity contribution is 7.91. The Kier molecular flexibility index (Phi) is 4.27. The second kappa shape index (κ2) is 5.07. The van der Waals surface area contributed by atoms with E-state index in [9.17, 15) is 8.42 Å². The van der Waals surface area contributed by atoms with E-state index < -0.39 is 10.0 Å². The predicted molar refractivity (Wildman–Crippen MR) is 62.5 cm³/mol. The molecule has 0 aliphatic carbocycles. The van der Waals surface area contributed by atoms with Crippen LogP contribution in [-0.2, 0) is 16.4 Å². The molecule has 0 amide bonds. The van der Waals surface area contributed by atoms with E-state index in [4.69, 9.17) is 5.14 Å². The second-order valence-electron chi connectivity index (χ2n) is 3.62. The molecule has 0 fully saturated rings. The first kappa shape index (κ1) is 12.6. The Morgan fingerprint density at radius 3 is 2.60 bits per heavy atom. The van der Waals surface area contributed by atoms with Gasteiger partial charge < -0.3 is 5.32 Å². The molecule has 0 radical (unpaired) electrons. The molecule has 0 spiro atoms. The van der Waals surface area contributed by atoms with Gasteiger partial charge in [-0.15, -0.1) is 11.3 Å². The fourth-order valence-corrected chi connectivity index (χ4v) is 2.91. The molecule has 0 saturated carbocycles. The average molecular weight is 248 g/mol. The Balaban J connectivity index is 2.54. The molecular formula is C9H16N2O2S2. The van der Waals surface area contributed by atoms with Gasteiger partial charge in [0.05, 0.1) is 0 Å². The van der Waals surface area contributed by atoms with Gasteiger partial charge in [0.25, 0.3) is 0 Å². The minimum Gasteiger partial charge on any atom is -0.314 e. The Morgan fingerprint density at radius 1 is 1.47 bits per heavy atom. The fourth-order valence-electron chi connectivity index (χ4n) is 1.13. The van der Waals surface area contributed by atoms with E-state index in [1.165, 1.54) is 11.3 Å². The molecule has 86 valence electrons. The number of primary sulfonamides is 1. The molecule has 1 aromatic rings. The second-order valence-corrected chi connectivity index (χ2v) is 6.58. The van der Waals surface area contributed by atoms with Gasteiger partial charge in [-0.3, -0.25) is 0 Å². The van der Waals surface area contributed by atoms with E-state index in [1.807, 2.05) is 6.07 Å². The van der Waals surface area contributed by atoms with Gasteiger partial charge in [-0.05, 0) is 18.6 Å². The Morgan fingerprint density at radius 2 is 2.13 bits per heavy atom. The van der Waals surface area contributed by atoms with E-state index in [-0.39, 0.29) is 4.21 Å². The number of sulfonamides is 1. The van der Waals surface area contributed by atoms with Crippen LogP contribution in [0.3, 0.4) is 0 Å². The third-order valence-corrected chi connectivity index (χ3v) is 4.42. The first-order valence-electron chi connectivity index (χ1n) is 4.74. The van der Waals surface area contributed by atoms with Crippen molar-refractivity contribution in [2.24, 2.45) is 5.14 Å². The number of nitrogens with two attached hydrogens (primary N) is 1. The molecule has 0 saturated heterocycles. The summed E-state index contributed by atoms with van der Waals surface area (Å²) in [6, 6.07) is 3.82. The highest BCUT2D eigenvalue weighted by Gasteiger charge is 2.10. The van der Waals surface area contributed by atoms with Gasteiger partial charge >= 0.3 is 0 Å². The summed E-state index contributed by atoms with van der Waals surface area (Å²) in [6.07, 6.45) is 0.832. The van der Waals surface area contributed by atoms with Gasteiger partial charge in [-0.1, -0.05) is 13.8 Å². The summed E-state index contributed by atoms with van der Waals surface area (Å²) in [4.78, 5) is 1.03. The van der Waals surface area contributed by atoms with Gasteiger partial charge in [0, 0.05) is 17.5 Å². The third-order valence-electron chi connectivity index (χ3n) is 1.84. The molecule has 0 aliphatic rings. The summed E-state index contributed by atoms with van der Waals surface area (Å²) in [5, 5.41) is 8.28. The molecule has 3 N–H and O–H groups in total. The summed E-state index contributed by atoms with van der Waals surface area (Å²) < 4.78 is 22.2. The van der Waals surface area contributed by atoms with Crippen LogP contribution >= 0.6 is 11.3 Å². The molecular weight excluding hydrogens is 232 g/mol. The molecule has 0 bridgehead atoms. The first-order chi connectivity index (χ1) is 6.89. The number of rotatable bonds is 5. The van der Waals surface area contributed by atoms with Crippen molar-refractivity contribution in [2.45, 2.75) is 30.5 Å². The van der Waals surface area contributed by atoms with Crippen molar-refractivity contribution in [3.63, 3.8) is 0 Å². The molecule has 4 nitrogen and oxygen atoms in total. The van der Waals surface area contributed by atoms with E-state index in [1.54, 1.807) is 6.07 Å². The number of hydrogen-bond donors (Lipinski definition) is 2. The topological polar surface area (TPSA) is 72.2 Å². The maximum atomic E-state index is 11.0. The van der Waals surface area contributed by atoms with Gasteiger partial charge in [-0.2, -0.15) is 0 Å². The van der Waals surface area contributed by atoms with Crippen molar-refractivity contribution in [1.29, 1.82) is 0 Å². The average Bonchev–Trinajstić information content (AvgIpc) is 2.51. The molecule has 0 atom stereocenters. The van der Waals surface area contributed by atoms with Crippen LogP contribution in [0.15, 0.2) is 16.3 Å². The molecule has 1 rings (SSSR count). The number of hydrogen-bond acceptors (Lipinski definition) is 4. The zero-order valence-corrected chi connectivity index (χ0v) is 10.5. The lowest BCUT2D eigenvalue weighted by atomic mass is 10.3. The Hall–Kier alpha value is -0.430. The highest BCUT2D eigenvalue weighted by atomic mass is 32.2. The van der Waals surface area contributed by atoms with Crippen LogP contribution in [0.4, 0.5) is 0 Å². The van der Waals surface area contributed by atoms with Crippen LogP contribution in [0, 0.1) is 0 Å². The molecule has 1 heterocycles. The van der Waals surface area contributed by atoms with Crippen LogP contribution in [0.1, 0.15) is 18.7 Å². The van der Waals surface area contributed by atoms with Gasteiger partial charge in [-0.25, -0.2) is 13.6 Å². The van der Waals surface area contributed by atoms with Crippen molar-refractivity contribution in [2.75, 3.05) is 6.54 Å². The van der Waals surface area contributed by atoms with Gasteiger partial charge in [0.2, 0.25) is 10.0 Å². The molecule has 1 aromatic heterocycles. The van der Waals surface area contributed by atoms with Crippen LogP contribution in [0.5, 0.6) is 0 Å². The predicted octanol–water partition coefficient (Wildman–Crippen LogP) is 0.936.